The van der Waals surface area contributed by atoms with Gasteiger partial charge in [-0.2, -0.15) is 0 Å². The maximum atomic E-state index is 10.9. The number of aryl methyl sites for hydroxylation is 4. The van der Waals surface area contributed by atoms with Crippen LogP contribution in [0.3, 0.4) is 0 Å². The van der Waals surface area contributed by atoms with Crippen LogP contribution in [0, 0.1) is 10.1 Å². The molecule has 2 aliphatic rings. The van der Waals surface area contributed by atoms with Crippen LogP contribution in [-0.2, 0) is 25.7 Å². The second-order valence-corrected chi connectivity index (χ2v) is 10.8. The predicted molar refractivity (Wildman–Crippen MR) is 166 cm³/mol. The van der Waals surface area contributed by atoms with Crippen LogP contribution >= 0.6 is 0 Å². The highest BCUT2D eigenvalue weighted by atomic mass is 16.6. The summed E-state index contributed by atoms with van der Waals surface area (Å²) >= 11 is 0. The monoisotopic (exact) mass is 558 g/mol. The minimum absolute atomic E-state index is 0.112. The van der Waals surface area contributed by atoms with E-state index in [2.05, 4.69) is 40.3 Å². The van der Waals surface area contributed by atoms with E-state index in [1.165, 1.54) is 38.9 Å². The van der Waals surface area contributed by atoms with Crippen molar-refractivity contribution < 1.29 is 14.4 Å². The van der Waals surface area contributed by atoms with E-state index in [1.807, 2.05) is 30.3 Å². The summed E-state index contributed by atoms with van der Waals surface area (Å²) in [5.41, 5.74) is 18.7. The molecule has 0 aliphatic heterocycles. The molecule has 0 saturated heterocycles. The van der Waals surface area contributed by atoms with Crippen LogP contribution in [0.4, 0.5) is 11.4 Å². The average Bonchev–Trinajstić information content (AvgIpc) is 3.58. The number of fused-ring (bicyclic) bond motifs is 10. The Labute approximate surface area is 242 Å². The molecule has 8 rings (SSSR count). The molecule has 42 heavy (non-hydrogen) atoms. The molecule has 0 radical (unpaired) electrons. The molecule has 0 unspecified atom stereocenters. The Morgan fingerprint density at radius 3 is 1.74 bits per heavy atom. The van der Waals surface area contributed by atoms with Crippen LogP contribution in [0.2, 0.25) is 0 Å². The molecule has 4 aromatic carbocycles. The van der Waals surface area contributed by atoms with Crippen molar-refractivity contribution in [2.24, 2.45) is 0 Å². The number of aromatic amines is 2. The number of aromatic nitrogens is 2. The van der Waals surface area contributed by atoms with E-state index >= 15 is 0 Å². The summed E-state index contributed by atoms with van der Waals surface area (Å²) in [6.07, 6.45) is 3.98. The quantitative estimate of drug-likeness (QED) is 0.119. The summed E-state index contributed by atoms with van der Waals surface area (Å²) in [7, 11) is 3.37. The summed E-state index contributed by atoms with van der Waals surface area (Å²) in [6.45, 7) is 0. The number of rotatable bonds is 3. The summed E-state index contributed by atoms with van der Waals surface area (Å²) in [6, 6.07) is 23.5. The standard InChI is InChI=1S/C17H14N2O3.C17H16N2O/c1-22-12-4-7-13-10(8-12)2-5-15-14-6-3-11(19(20)21)9-16(14)18-17(13)15;1-20-12-4-7-13-10(8-12)2-5-15-14-6-3-11(18)9-16(14)19-17(13)15/h3-4,6-9,18H,2,5H2,1H3;3-4,6-9,19H,2,5,18H2,1H3. The maximum Gasteiger partial charge on any atom is 0.271 e. The first-order chi connectivity index (χ1) is 20.4. The van der Waals surface area contributed by atoms with Crippen molar-refractivity contribution in [2.45, 2.75) is 25.7 Å². The number of hydrogen-bond acceptors (Lipinski definition) is 5. The van der Waals surface area contributed by atoms with Crippen LogP contribution in [0.15, 0.2) is 72.8 Å². The number of nitro benzene ring substituents is 1. The number of nitrogens with two attached hydrogens (primary N) is 1. The zero-order valence-corrected chi connectivity index (χ0v) is 23.4. The first-order valence-electron chi connectivity index (χ1n) is 14.0. The number of hydrogen-bond donors (Lipinski definition) is 3. The van der Waals surface area contributed by atoms with Gasteiger partial charge < -0.3 is 25.2 Å². The van der Waals surface area contributed by atoms with E-state index in [4.69, 9.17) is 15.2 Å². The maximum absolute atomic E-state index is 10.9. The van der Waals surface area contributed by atoms with Gasteiger partial charge in [0.05, 0.1) is 24.7 Å². The summed E-state index contributed by atoms with van der Waals surface area (Å²) in [5.74, 6) is 1.78. The first kappa shape index (κ1) is 25.7. The molecule has 2 aromatic heterocycles. The lowest BCUT2D eigenvalue weighted by Gasteiger charge is -2.17. The number of methoxy groups -OCH3 is 2. The molecule has 210 valence electrons. The molecule has 0 bridgehead atoms. The highest BCUT2D eigenvalue weighted by molar-refractivity contribution is 5.95. The fourth-order valence-electron chi connectivity index (χ4n) is 6.42. The predicted octanol–water partition coefficient (Wildman–Crippen LogP) is 7.37. The van der Waals surface area contributed by atoms with Crippen LogP contribution in [0.5, 0.6) is 11.5 Å². The summed E-state index contributed by atoms with van der Waals surface area (Å²) < 4.78 is 10.6. The Kier molecular flexibility index (Phi) is 6.12. The van der Waals surface area contributed by atoms with Gasteiger partial charge in [0, 0.05) is 56.6 Å². The molecule has 4 N–H and O–H groups in total. The minimum atomic E-state index is -0.363. The number of nitro groups is 1. The van der Waals surface area contributed by atoms with Crippen LogP contribution in [0.1, 0.15) is 22.3 Å². The van der Waals surface area contributed by atoms with Crippen LogP contribution < -0.4 is 15.2 Å². The molecular formula is C34H30N4O4. The van der Waals surface area contributed by atoms with Crippen molar-refractivity contribution in [1.29, 1.82) is 0 Å². The Morgan fingerprint density at radius 2 is 1.21 bits per heavy atom. The Bertz CT molecular complexity index is 2020. The smallest absolute Gasteiger partial charge is 0.271 e. The van der Waals surface area contributed by atoms with Gasteiger partial charge in [-0.3, -0.25) is 10.1 Å². The van der Waals surface area contributed by atoms with E-state index in [1.54, 1.807) is 26.4 Å². The van der Waals surface area contributed by atoms with Crippen molar-refractivity contribution in [1.82, 2.24) is 9.97 Å². The van der Waals surface area contributed by atoms with Gasteiger partial charge in [0.25, 0.3) is 5.69 Å². The largest absolute Gasteiger partial charge is 0.497 e. The topological polar surface area (TPSA) is 119 Å². The number of ether oxygens (including phenoxy) is 2. The molecular weight excluding hydrogens is 528 g/mol. The summed E-state index contributed by atoms with van der Waals surface area (Å²) in [4.78, 5) is 17.5. The molecule has 2 aliphatic carbocycles. The Hall–Kier alpha value is -5.24. The highest BCUT2D eigenvalue weighted by Gasteiger charge is 2.23. The third-order valence-electron chi connectivity index (χ3n) is 8.48. The van der Waals surface area contributed by atoms with Crippen LogP contribution in [0.25, 0.3) is 44.3 Å². The number of nitrogens with one attached hydrogen (secondary N) is 2. The number of nitrogens with zero attached hydrogens (tertiary/aromatic N) is 1. The first-order valence-corrected chi connectivity index (χ1v) is 14.0. The van der Waals surface area contributed by atoms with Crippen molar-refractivity contribution in [2.75, 3.05) is 20.0 Å². The van der Waals surface area contributed by atoms with E-state index < -0.39 is 0 Å². The second kappa shape index (κ2) is 9.99. The van der Waals surface area contributed by atoms with Crippen molar-refractivity contribution in [3.8, 4) is 34.0 Å². The minimum Gasteiger partial charge on any atom is -0.497 e. The highest BCUT2D eigenvalue weighted by Crippen LogP contribution is 2.40. The van der Waals surface area contributed by atoms with Gasteiger partial charge >= 0.3 is 0 Å². The van der Waals surface area contributed by atoms with Crippen LogP contribution in [-0.4, -0.2) is 29.1 Å². The lowest BCUT2D eigenvalue weighted by molar-refractivity contribution is -0.384. The van der Waals surface area contributed by atoms with Crippen molar-refractivity contribution in [3.05, 3.63) is 105 Å². The SMILES string of the molecule is COc1ccc2c(c1)CCc1c-2[nH]c2cc(N)ccc12.COc1ccc2c(c1)CCc1c-2[nH]c2cc([N+](=O)[O-])ccc12. The zero-order valence-electron chi connectivity index (χ0n) is 23.4. The third kappa shape index (κ3) is 4.23. The van der Waals surface area contributed by atoms with E-state index in [-0.39, 0.29) is 10.6 Å². The molecule has 8 heteroatoms. The van der Waals surface area contributed by atoms with E-state index in [0.29, 0.717) is 0 Å². The molecule has 8 nitrogen and oxygen atoms in total. The molecule has 0 saturated carbocycles. The van der Waals surface area contributed by atoms with Crippen molar-refractivity contribution >= 4 is 33.2 Å². The molecule has 6 aromatic rings. The number of non-ortho nitro benzene ring substituents is 1. The molecule has 0 atom stereocenters. The lowest BCUT2D eigenvalue weighted by Crippen LogP contribution is -2.03. The number of benzene rings is 4. The van der Waals surface area contributed by atoms with Crippen molar-refractivity contribution in [3.63, 3.8) is 0 Å². The van der Waals surface area contributed by atoms with E-state index in [0.717, 1.165) is 70.5 Å². The molecule has 0 amide bonds. The number of nitrogen functional groups attached to an aromatic ring is 1. The normalized spacial score (nSPS) is 12.9. The molecule has 2 heterocycles. The Balaban J connectivity index is 0.000000138. The lowest BCUT2D eigenvalue weighted by atomic mass is 9.89. The van der Waals surface area contributed by atoms with Gasteiger partial charge in [-0.1, -0.05) is 6.07 Å². The van der Waals surface area contributed by atoms with Gasteiger partial charge in [-0.05, 0) is 103 Å². The molecule has 0 spiro atoms. The fourth-order valence-corrected chi connectivity index (χ4v) is 6.42. The summed E-state index contributed by atoms with van der Waals surface area (Å²) in [5, 5.41) is 13.3. The number of anilines is 1. The second-order valence-electron chi connectivity index (χ2n) is 10.8. The fraction of sp³-hybridized carbons (Fsp3) is 0.176. The van der Waals surface area contributed by atoms with Gasteiger partial charge in [-0.15, -0.1) is 0 Å². The Morgan fingerprint density at radius 1 is 0.690 bits per heavy atom. The molecule has 0 fully saturated rings. The third-order valence-corrected chi connectivity index (χ3v) is 8.48. The van der Waals surface area contributed by atoms with Gasteiger partial charge in [0.2, 0.25) is 0 Å². The van der Waals surface area contributed by atoms with Gasteiger partial charge in [0.1, 0.15) is 11.5 Å². The number of H-pyrrole nitrogens is 2. The average molecular weight is 559 g/mol. The zero-order chi connectivity index (χ0) is 29.0. The van der Waals surface area contributed by atoms with E-state index in [9.17, 15) is 10.1 Å². The van der Waals surface area contributed by atoms with Gasteiger partial charge in [-0.25, -0.2) is 0 Å². The van der Waals surface area contributed by atoms with Gasteiger partial charge in [0.15, 0.2) is 0 Å².